The predicted octanol–water partition coefficient (Wildman–Crippen LogP) is 2.46. The van der Waals surface area contributed by atoms with Crippen LogP contribution < -0.4 is 4.90 Å². The van der Waals surface area contributed by atoms with Crippen molar-refractivity contribution in [3.05, 3.63) is 48.7 Å². The third-order valence-corrected chi connectivity index (χ3v) is 5.92. The largest absolute Gasteiger partial charge is 0.353 e. The molecule has 3 fully saturated rings. The molecule has 0 aliphatic carbocycles. The lowest BCUT2D eigenvalue weighted by atomic mass is 9.95. The molecule has 2 bridgehead atoms. The first-order chi connectivity index (χ1) is 12.8. The summed E-state index contributed by atoms with van der Waals surface area (Å²) < 4.78 is 2.24. The minimum Gasteiger partial charge on any atom is -0.353 e. The maximum absolute atomic E-state index is 4.88. The van der Waals surface area contributed by atoms with Gasteiger partial charge < -0.3 is 9.47 Å². The van der Waals surface area contributed by atoms with Gasteiger partial charge in [-0.05, 0) is 30.9 Å². The molecule has 134 valence electrons. The minimum absolute atomic E-state index is 0.551. The van der Waals surface area contributed by atoms with Crippen LogP contribution >= 0.6 is 0 Å². The molecule has 3 aliphatic heterocycles. The first kappa shape index (κ1) is 15.8. The summed E-state index contributed by atoms with van der Waals surface area (Å²) in [6, 6.07) is 8.95. The van der Waals surface area contributed by atoms with Gasteiger partial charge in [-0.3, -0.25) is 9.88 Å². The summed E-state index contributed by atoms with van der Waals surface area (Å²) in [4.78, 5) is 18.7. The number of hydrogen-bond donors (Lipinski definition) is 0. The zero-order valence-corrected chi connectivity index (χ0v) is 15.1. The monoisotopic (exact) mass is 348 g/mol. The smallest absolute Gasteiger partial charge is 0.147 e. The molecule has 5 heterocycles. The Hall–Kier alpha value is -2.47. The van der Waals surface area contributed by atoms with Crippen LogP contribution in [0.25, 0.3) is 11.0 Å². The van der Waals surface area contributed by atoms with Crippen LogP contribution in [-0.4, -0.2) is 50.1 Å². The first-order valence-electron chi connectivity index (χ1n) is 9.43. The van der Waals surface area contributed by atoms with E-state index in [2.05, 4.69) is 55.6 Å². The molecule has 1 aromatic carbocycles. The maximum atomic E-state index is 4.88. The van der Waals surface area contributed by atoms with Crippen molar-refractivity contribution in [1.82, 2.24) is 24.4 Å². The van der Waals surface area contributed by atoms with Crippen LogP contribution in [0.5, 0.6) is 0 Å². The third kappa shape index (κ3) is 2.74. The molecule has 0 amide bonds. The molecule has 2 unspecified atom stereocenters. The highest BCUT2D eigenvalue weighted by Gasteiger charge is 2.35. The Labute approximate surface area is 153 Å². The van der Waals surface area contributed by atoms with Gasteiger partial charge in [-0.15, -0.1) is 0 Å². The number of rotatable bonds is 3. The number of nitrogens with zero attached hydrogens (tertiary/aromatic N) is 6. The summed E-state index contributed by atoms with van der Waals surface area (Å²) in [6.45, 7) is 4.17. The van der Waals surface area contributed by atoms with Crippen molar-refractivity contribution < 1.29 is 0 Å². The predicted molar refractivity (Wildman–Crippen MR) is 102 cm³/mol. The normalized spacial score (nSPS) is 23.5. The SMILES string of the molecule is Cn1c(CN2CC3CCC2CN(c2cnccn2)C3)nc2ccccc21. The molecule has 6 rings (SSSR count). The summed E-state index contributed by atoms with van der Waals surface area (Å²) >= 11 is 0. The molecule has 0 N–H and O–H groups in total. The lowest BCUT2D eigenvalue weighted by Crippen LogP contribution is -2.43. The third-order valence-electron chi connectivity index (χ3n) is 5.92. The van der Waals surface area contributed by atoms with E-state index in [-0.39, 0.29) is 0 Å². The minimum atomic E-state index is 0.551. The number of aryl methyl sites for hydroxylation is 1. The Morgan fingerprint density at radius 3 is 2.85 bits per heavy atom. The first-order valence-corrected chi connectivity index (χ1v) is 9.43. The van der Waals surface area contributed by atoms with E-state index in [1.54, 1.807) is 12.4 Å². The summed E-state index contributed by atoms with van der Waals surface area (Å²) in [5.74, 6) is 2.85. The van der Waals surface area contributed by atoms with Gasteiger partial charge in [0.1, 0.15) is 11.6 Å². The van der Waals surface area contributed by atoms with Crippen molar-refractivity contribution in [1.29, 1.82) is 0 Å². The highest BCUT2D eigenvalue weighted by molar-refractivity contribution is 5.75. The molecule has 0 radical (unpaired) electrons. The average molecular weight is 348 g/mol. The average Bonchev–Trinajstić information content (AvgIpc) is 2.83. The molecule has 3 aliphatic rings. The maximum Gasteiger partial charge on any atom is 0.147 e. The highest BCUT2D eigenvalue weighted by Crippen LogP contribution is 2.31. The van der Waals surface area contributed by atoms with Crippen LogP contribution in [0.2, 0.25) is 0 Å². The molecule has 26 heavy (non-hydrogen) atoms. The number of hydrogen-bond acceptors (Lipinski definition) is 5. The Kier molecular flexibility index (Phi) is 3.85. The number of piperidine rings is 1. The number of fused-ring (bicyclic) bond motifs is 5. The van der Waals surface area contributed by atoms with E-state index < -0.39 is 0 Å². The fraction of sp³-hybridized carbons (Fsp3) is 0.450. The van der Waals surface area contributed by atoms with Crippen molar-refractivity contribution in [2.24, 2.45) is 13.0 Å². The Morgan fingerprint density at radius 2 is 2.00 bits per heavy atom. The quantitative estimate of drug-likeness (QED) is 0.728. The topological polar surface area (TPSA) is 50.1 Å². The van der Waals surface area contributed by atoms with Gasteiger partial charge in [-0.25, -0.2) is 9.97 Å². The van der Waals surface area contributed by atoms with Crippen LogP contribution in [0.3, 0.4) is 0 Å². The van der Waals surface area contributed by atoms with E-state index in [0.717, 1.165) is 43.3 Å². The summed E-state index contributed by atoms with van der Waals surface area (Å²) in [5, 5.41) is 0. The molecule has 6 heteroatoms. The van der Waals surface area contributed by atoms with Gasteiger partial charge in [0.05, 0.1) is 23.8 Å². The molecule has 2 atom stereocenters. The molecule has 3 saturated heterocycles. The van der Waals surface area contributed by atoms with Gasteiger partial charge in [-0.1, -0.05) is 12.1 Å². The van der Waals surface area contributed by atoms with Gasteiger partial charge in [0.2, 0.25) is 0 Å². The standard InChI is InChI=1S/C20H24N6/c1-24-18-5-3-2-4-17(18)23-20(24)14-25-11-15-6-7-16(25)13-26(12-15)19-10-21-8-9-22-19/h2-5,8-10,15-16H,6-7,11-14H2,1H3. The van der Waals surface area contributed by atoms with E-state index in [4.69, 9.17) is 4.98 Å². The Morgan fingerprint density at radius 1 is 1.08 bits per heavy atom. The number of aromatic nitrogens is 4. The number of benzene rings is 1. The van der Waals surface area contributed by atoms with Crippen molar-refractivity contribution in [2.45, 2.75) is 25.4 Å². The van der Waals surface area contributed by atoms with Gasteiger partial charge >= 0.3 is 0 Å². The molecule has 2 aromatic heterocycles. The second-order valence-corrected chi connectivity index (χ2v) is 7.57. The summed E-state index contributed by atoms with van der Waals surface area (Å²) in [6.07, 6.45) is 7.99. The molecule has 3 aromatic rings. The number of anilines is 1. The molecule has 6 nitrogen and oxygen atoms in total. The van der Waals surface area contributed by atoms with E-state index >= 15 is 0 Å². The lowest BCUT2D eigenvalue weighted by molar-refractivity contribution is 0.122. The van der Waals surface area contributed by atoms with Crippen molar-refractivity contribution >= 4 is 16.9 Å². The molecular weight excluding hydrogens is 324 g/mol. The molecule has 0 saturated carbocycles. The Bertz CT molecular complexity index is 905. The van der Waals surface area contributed by atoms with Gasteiger partial charge in [0.15, 0.2) is 0 Å². The summed E-state index contributed by atoms with van der Waals surface area (Å²) in [5.41, 5.74) is 2.30. The van der Waals surface area contributed by atoms with Gasteiger partial charge in [-0.2, -0.15) is 0 Å². The van der Waals surface area contributed by atoms with Crippen LogP contribution in [0.15, 0.2) is 42.9 Å². The van der Waals surface area contributed by atoms with E-state index in [1.807, 2.05) is 6.20 Å². The second kappa shape index (κ2) is 6.36. The Balaban J connectivity index is 1.39. The molecular formula is C20H24N6. The van der Waals surface area contributed by atoms with Crippen LogP contribution in [0, 0.1) is 5.92 Å². The van der Waals surface area contributed by atoms with E-state index in [9.17, 15) is 0 Å². The van der Waals surface area contributed by atoms with Gasteiger partial charge in [0.25, 0.3) is 0 Å². The van der Waals surface area contributed by atoms with Crippen LogP contribution in [-0.2, 0) is 13.6 Å². The van der Waals surface area contributed by atoms with Crippen molar-refractivity contribution in [2.75, 3.05) is 24.5 Å². The second-order valence-electron chi connectivity index (χ2n) is 7.57. The van der Waals surface area contributed by atoms with Crippen LogP contribution in [0.1, 0.15) is 18.7 Å². The fourth-order valence-corrected chi connectivity index (χ4v) is 4.53. The number of imidazole rings is 1. The molecule has 0 spiro atoms. The van der Waals surface area contributed by atoms with Crippen molar-refractivity contribution in [3.8, 4) is 0 Å². The zero-order chi connectivity index (χ0) is 17.5. The number of para-hydroxylation sites is 2. The van der Waals surface area contributed by atoms with E-state index in [1.165, 1.54) is 18.4 Å². The lowest BCUT2D eigenvalue weighted by Gasteiger charge is -2.35. The van der Waals surface area contributed by atoms with Crippen LogP contribution in [0.4, 0.5) is 5.82 Å². The fourth-order valence-electron chi connectivity index (χ4n) is 4.53. The highest BCUT2D eigenvalue weighted by atomic mass is 15.3. The van der Waals surface area contributed by atoms with Crippen molar-refractivity contribution in [3.63, 3.8) is 0 Å². The summed E-state index contributed by atoms with van der Waals surface area (Å²) in [7, 11) is 2.13. The van der Waals surface area contributed by atoms with Gasteiger partial charge in [0, 0.05) is 45.1 Å². The van der Waals surface area contributed by atoms with E-state index in [0.29, 0.717) is 12.0 Å². The zero-order valence-electron chi connectivity index (χ0n) is 15.1.